The van der Waals surface area contributed by atoms with Crippen LogP contribution in [0.2, 0.25) is 0 Å². The van der Waals surface area contributed by atoms with E-state index in [-0.39, 0.29) is 29.5 Å². The Morgan fingerprint density at radius 2 is 1.84 bits per heavy atom. The van der Waals surface area contributed by atoms with E-state index in [1.165, 1.54) is 12.4 Å². The third-order valence-electron chi connectivity index (χ3n) is 7.01. The molecular weight excluding hydrogens is 490 g/mol. The van der Waals surface area contributed by atoms with Gasteiger partial charge in [-0.3, -0.25) is 4.79 Å². The number of fused-ring (bicyclic) bond motifs is 1. The molecule has 2 heterocycles. The summed E-state index contributed by atoms with van der Waals surface area (Å²) in [6, 6.07) is 2.71. The number of carbonyl (C=O) groups is 1. The Hall–Kier alpha value is -2.79. The molecule has 202 valence electrons. The number of anilines is 1. The molecule has 1 aromatic carbocycles. The van der Waals surface area contributed by atoms with Crippen molar-refractivity contribution in [2.75, 3.05) is 37.6 Å². The fourth-order valence-electron chi connectivity index (χ4n) is 5.05. The van der Waals surface area contributed by atoms with Crippen molar-refractivity contribution in [1.29, 1.82) is 0 Å². The summed E-state index contributed by atoms with van der Waals surface area (Å²) in [6.45, 7) is 9.68. The summed E-state index contributed by atoms with van der Waals surface area (Å²) < 4.78 is 53.6. The van der Waals surface area contributed by atoms with Gasteiger partial charge in [0.25, 0.3) is 0 Å². The zero-order chi connectivity index (χ0) is 27.1. The van der Waals surface area contributed by atoms with Gasteiger partial charge in [-0.2, -0.15) is 13.2 Å². The minimum atomic E-state index is -4.81. The number of carbonyl (C=O) groups excluding carboxylic acids is 1. The van der Waals surface area contributed by atoms with Crippen LogP contribution in [-0.2, 0) is 11.0 Å². The Labute approximate surface area is 213 Å². The molecule has 1 saturated heterocycles. The summed E-state index contributed by atoms with van der Waals surface area (Å²) in [6.07, 6.45) is -3.39. The van der Waals surface area contributed by atoms with Crippen molar-refractivity contribution in [3.8, 4) is 0 Å². The number of halogens is 4. The maximum atomic E-state index is 14.4. The van der Waals surface area contributed by atoms with E-state index in [1.54, 1.807) is 4.90 Å². The van der Waals surface area contributed by atoms with Crippen molar-refractivity contribution in [2.24, 2.45) is 0 Å². The molecule has 11 heteroatoms. The highest BCUT2D eigenvalue weighted by Gasteiger charge is 2.37. The number of nitrogens with zero attached hydrogens (tertiary/aromatic N) is 4. The number of amides is 1. The number of hydrogen-bond donors (Lipinski definition) is 2. The van der Waals surface area contributed by atoms with Gasteiger partial charge in [0.05, 0.1) is 23.3 Å². The lowest BCUT2D eigenvalue weighted by molar-refractivity contribution is -0.140. The molecule has 2 aliphatic rings. The zero-order valence-electron chi connectivity index (χ0n) is 21.4. The topological polar surface area (TPSA) is 81.6 Å². The molecule has 0 unspecified atom stereocenters. The van der Waals surface area contributed by atoms with Gasteiger partial charge in [-0.05, 0) is 50.8 Å². The van der Waals surface area contributed by atoms with Crippen LogP contribution in [0, 0.1) is 5.82 Å². The Bertz CT molecular complexity index is 1140. The van der Waals surface area contributed by atoms with Gasteiger partial charge in [0.15, 0.2) is 0 Å². The van der Waals surface area contributed by atoms with E-state index in [1.807, 2.05) is 27.7 Å². The zero-order valence-corrected chi connectivity index (χ0v) is 21.4. The average Bonchev–Trinajstić information content (AvgIpc) is 3.11. The second-order valence-corrected chi connectivity index (χ2v) is 10.9. The van der Waals surface area contributed by atoms with Crippen molar-refractivity contribution < 1.29 is 27.5 Å². The Kier molecular flexibility index (Phi) is 7.49. The van der Waals surface area contributed by atoms with E-state index >= 15 is 0 Å². The van der Waals surface area contributed by atoms with Crippen LogP contribution in [0.4, 0.5) is 23.4 Å². The highest BCUT2D eigenvalue weighted by molar-refractivity contribution is 5.84. The summed E-state index contributed by atoms with van der Waals surface area (Å²) in [5.74, 6) is -1.63. The molecule has 4 rings (SSSR count). The number of hydrogen-bond acceptors (Lipinski definition) is 6. The first-order valence-corrected chi connectivity index (χ1v) is 12.4. The number of alkyl halides is 3. The Balaban J connectivity index is 1.52. The smallest absolute Gasteiger partial charge is 0.387 e. The first-order chi connectivity index (χ1) is 17.3. The Morgan fingerprint density at radius 1 is 1.16 bits per heavy atom. The first kappa shape index (κ1) is 27.3. The summed E-state index contributed by atoms with van der Waals surface area (Å²) >= 11 is 0. The van der Waals surface area contributed by atoms with Gasteiger partial charge in [-0.1, -0.05) is 13.0 Å². The molecule has 2 aromatic rings. The lowest BCUT2D eigenvalue weighted by Crippen LogP contribution is -2.52. The van der Waals surface area contributed by atoms with E-state index in [4.69, 9.17) is 0 Å². The molecule has 0 saturated carbocycles. The third kappa shape index (κ3) is 5.87. The first-order valence-electron chi connectivity index (χ1n) is 12.4. The molecule has 1 aliphatic heterocycles. The van der Waals surface area contributed by atoms with Gasteiger partial charge >= 0.3 is 6.18 Å². The number of benzene rings is 1. The van der Waals surface area contributed by atoms with E-state index in [2.05, 4.69) is 20.2 Å². The van der Waals surface area contributed by atoms with Crippen LogP contribution in [0.5, 0.6) is 0 Å². The molecule has 1 aliphatic carbocycles. The van der Waals surface area contributed by atoms with Crippen molar-refractivity contribution in [2.45, 2.75) is 63.8 Å². The van der Waals surface area contributed by atoms with Gasteiger partial charge in [-0.25, -0.2) is 14.4 Å². The van der Waals surface area contributed by atoms with Crippen LogP contribution >= 0.6 is 0 Å². The summed E-state index contributed by atoms with van der Waals surface area (Å²) in [5.41, 5.74) is 0.0784. The van der Waals surface area contributed by atoms with Crippen LogP contribution in [-0.4, -0.2) is 64.1 Å². The minimum Gasteiger partial charge on any atom is -0.387 e. The van der Waals surface area contributed by atoms with Gasteiger partial charge in [0.1, 0.15) is 18.0 Å². The number of aliphatic hydroxyl groups excluding tert-OH is 1. The number of piperazine rings is 1. The fourth-order valence-corrected chi connectivity index (χ4v) is 5.05. The van der Waals surface area contributed by atoms with Crippen molar-refractivity contribution in [3.05, 3.63) is 52.7 Å². The van der Waals surface area contributed by atoms with Crippen molar-refractivity contribution in [1.82, 2.24) is 20.2 Å². The molecule has 0 radical (unpaired) electrons. The van der Waals surface area contributed by atoms with Gasteiger partial charge in [0.2, 0.25) is 5.91 Å². The monoisotopic (exact) mass is 523 g/mol. The number of rotatable bonds is 5. The van der Waals surface area contributed by atoms with E-state index < -0.39 is 29.6 Å². The quantitative estimate of drug-likeness (QED) is 0.577. The maximum absolute atomic E-state index is 14.4. The van der Waals surface area contributed by atoms with Crippen LogP contribution in [0.1, 0.15) is 74.4 Å². The van der Waals surface area contributed by atoms with Crippen molar-refractivity contribution >= 4 is 11.7 Å². The largest absolute Gasteiger partial charge is 0.419 e. The molecule has 37 heavy (non-hydrogen) atoms. The predicted octanol–water partition coefficient (Wildman–Crippen LogP) is 4.00. The minimum absolute atomic E-state index is 0.114. The van der Waals surface area contributed by atoms with Gasteiger partial charge in [-0.15, -0.1) is 0 Å². The van der Waals surface area contributed by atoms with Crippen LogP contribution in [0.3, 0.4) is 0 Å². The van der Waals surface area contributed by atoms with Crippen LogP contribution in [0.15, 0.2) is 24.5 Å². The number of aliphatic hydroxyl groups is 1. The molecule has 1 aromatic heterocycles. The second-order valence-electron chi connectivity index (χ2n) is 10.9. The molecule has 3 atom stereocenters. The average molecular weight is 524 g/mol. The van der Waals surface area contributed by atoms with Crippen molar-refractivity contribution in [3.63, 3.8) is 0 Å². The molecule has 0 spiro atoms. The SMILES string of the molecule is C[C@@H]1C[C@@H](O)c2ncnc(N3CCN(C(=O)[C@H](CNC(C)(C)C)c4ccc(C(F)(F)F)c(F)c4)CC3)c21. The lowest BCUT2D eigenvalue weighted by atomic mass is 9.94. The molecule has 1 fully saturated rings. The lowest BCUT2D eigenvalue weighted by Gasteiger charge is -2.38. The Morgan fingerprint density at radius 3 is 2.43 bits per heavy atom. The van der Waals surface area contributed by atoms with E-state index in [0.717, 1.165) is 17.4 Å². The highest BCUT2D eigenvalue weighted by atomic mass is 19.4. The third-order valence-corrected chi connectivity index (χ3v) is 7.01. The second kappa shape index (κ2) is 10.2. The molecular formula is C26H33F4N5O2. The highest BCUT2D eigenvalue weighted by Crippen LogP contribution is 2.43. The van der Waals surface area contributed by atoms with E-state index in [9.17, 15) is 27.5 Å². The standard InChI is InChI=1S/C26H33F4N5O2/c1-15-11-20(36)22-21(15)23(32-14-31-22)34-7-9-35(10-8-34)24(37)17(13-33-25(2,3)4)16-5-6-18(19(27)12-16)26(28,29)30/h5-6,12,14-15,17,20,33,36H,7-11,13H2,1-4H3/t15-,17-,20-/m1/s1. The summed E-state index contributed by atoms with van der Waals surface area (Å²) in [5, 5.41) is 13.5. The molecule has 0 bridgehead atoms. The number of aromatic nitrogens is 2. The van der Waals surface area contributed by atoms with Gasteiger partial charge in [0, 0.05) is 43.8 Å². The predicted molar refractivity (Wildman–Crippen MR) is 131 cm³/mol. The molecule has 1 amide bonds. The normalized spacial score (nSPS) is 21.2. The summed E-state index contributed by atoms with van der Waals surface area (Å²) in [7, 11) is 0. The fraction of sp³-hybridized carbons (Fsp3) is 0.577. The maximum Gasteiger partial charge on any atom is 0.419 e. The van der Waals surface area contributed by atoms with Crippen LogP contribution < -0.4 is 10.2 Å². The molecule has 2 N–H and O–H groups in total. The number of nitrogens with one attached hydrogen (secondary N) is 1. The summed E-state index contributed by atoms with van der Waals surface area (Å²) in [4.78, 5) is 26.1. The van der Waals surface area contributed by atoms with Gasteiger partial charge < -0.3 is 20.2 Å². The van der Waals surface area contributed by atoms with Crippen LogP contribution in [0.25, 0.3) is 0 Å². The van der Waals surface area contributed by atoms with E-state index in [0.29, 0.717) is 44.4 Å². The molecule has 7 nitrogen and oxygen atoms in total.